The molecule has 8 heteroatoms. The molecule has 3 aromatic rings. The summed E-state index contributed by atoms with van der Waals surface area (Å²) in [6.45, 7) is 1.80. The van der Waals surface area contributed by atoms with Gasteiger partial charge in [0.1, 0.15) is 0 Å². The summed E-state index contributed by atoms with van der Waals surface area (Å²) in [7, 11) is 0. The zero-order chi connectivity index (χ0) is 16.6. The molecule has 2 heterocycles. The second-order valence-electron chi connectivity index (χ2n) is 5.19. The number of halogens is 3. The Kier molecular flexibility index (Phi) is 3.67. The van der Waals surface area contributed by atoms with E-state index in [1.54, 1.807) is 6.92 Å². The number of alkyl halides is 3. The smallest absolute Gasteiger partial charge is 0.368 e. The molecule has 23 heavy (non-hydrogen) atoms. The Hall–Kier alpha value is -2.64. The lowest BCUT2D eigenvalue weighted by atomic mass is 10.1. The van der Waals surface area contributed by atoms with E-state index in [0.29, 0.717) is 11.3 Å². The lowest BCUT2D eigenvalue weighted by Gasteiger charge is -2.07. The highest BCUT2D eigenvalue weighted by atomic mass is 19.4. The number of anilines is 1. The van der Waals surface area contributed by atoms with Gasteiger partial charge in [0.25, 0.3) is 0 Å². The molecule has 0 aliphatic carbocycles. The normalized spacial score (nSPS) is 12.0. The predicted octanol–water partition coefficient (Wildman–Crippen LogP) is 3.18. The molecule has 0 aliphatic heterocycles. The minimum Gasteiger partial charge on any atom is -0.368 e. The van der Waals surface area contributed by atoms with E-state index in [1.807, 2.05) is 30.3 Å². The van der Waals surface area contributed by atoms with Crippen molar-refractivity contribution in [2.75, 3.05) is 5.73 Å². The Morgan fingerprint density at radius 1 is 1.13 bits per heavy atom. The van der Waals surface area contributed by atoms with Crippen LogP contribution in [0.4, 0.5) is 19.1 Å². The maximum Gasteiger partial charge on any atom is 0.389 e. The predicted molar refractivity (Wildman–Crippen MR) is 79.7 cm³/mol. The fraction of sp³-hybridized carbons (Fsp3) is 0.267. The zero-order valence-corrected chi connectivity index (χ0v) is 12.3. The van der Waals surface area contributed by atoms with Crippen molar-refractivity contribution in [1.29, 1.82) is 0 Å². The first kappa shape index (κ1) is 15.3. The molecule has 3 rings (SSSR count). The SMILES string of the molecule is Cc1c(-c2ccccc2)nc(N)n2nc(CCC(F)(F)F)nc12. The van der Waals surface area contributed by atoms with Crippen LogP contribution >= 0.6 is 0 Å². The first-order valence-corrected chi connectivity index (χ1v) is 6.99. The summed E-state index contributed by atoms with van der Waals surface area (Å²) in [5, 5.41) is 4.03. The first-order valence-electron chi connectivity index (χ1n) is 6.99. The van der Waals surface area contributed by atoms with Crippen molar-refractivity contribution in [3.8, 4) is 11.3 Å². The van der Waals surface area contributed by atoms with Crippen LogP contribution in [0.3, 0.4) is 0 Å². The van der Waals surface area contributed by atoms with E-state index >= 15 is 0 Å². The summed E-state index contributed by atoms with van der Waals surface area (Å²) < 4.78 is 38.3. The zero-order valence-electron chi connectivity index (χ0n) is 12.3. The number of rotatable bonds is 3. The minimum absolute atomic E-state index is 0.0928. The number of aromatic nitrogens is 4. The first-order chi connectivity index (χ1) is 10.8. The highest BCUT2D eigenvalue weighted by Crippen LogP contribution is 2.26. The quantitative estimate of drug-likeness (QED) is 0.804. The van der Waals surface area contributed by atoms with Crippen LogP contribution in [0, 0.1) is 6.92 Å². The second kappa shape index (κ2) is 5.53. The monoisotopic (exact) mass is 321 g/mol. The average Bonchev–Trinajstić information content (AvgIpc) is 2.94. The van der Waals surface area contributed by atoms with Gasteiger partial charge in [-0.25, -0.2) is 9.97 Å². The minimum atomic E-state index is -4.24. The molecular weight excluding hydrogens is 307 g/mol. The third kappa shape index (κ3) is 3.10. The average molecular weight is 321 g/mol. The molecule has 5 nitrogen and oxygen atoms in total. The van der Waals surface area contributed by atoms with Crippen LogP contribution in [-0.2, 0) is 6.42 Å². The fourth-order valence-corrected chi connectivity index (χ4v) is 2.35. The largest absolute Gasteiger partial charge is 0.389 e. The van der Waals surface area contributed by atoms with Crippen molar-refractivity contribution < 1.29 is 13.2 Å². The Morgan fingerprint density at radius 3 is 2.48 bits per heavy atom. The molecule has 0 saturated heterocycles. The van der Waals surface area contributed by atoms with Gasteiger partial charge in [-0.05, 0) is 6.92 Å². The van der Waals surface area contributed by atoms with Gasteiger partial charge in [0.05, 0.1) is 12.1 Å². The summed E-state index contributed by atoms with van der Waals surface area (Å²) in [5.74, 6) is 0.194. The Bertz CT molecular complexity index is 840. The number of nitrogens with zero attached hydrogens (tertiary/aromatic N) is 4. The van der Waals surface area contributed by atoms with E-state index in [9.17, 15) is 13.2 Å². The standard InChI is InChI=1S/C15H14F3N5/c1-9-12(10-5-3-2-4-6-10)21-14(19)23-13(9)20-11(22-23)7-8-15(16,17)18/h2-6H,7-8H2,1H3,(H2,19,21). The molecule has 0 spiro atoms. The van der Waals surface area contributed by atoms with Crippen LogP contribution in [0.2, 0.25) is 0 Å². The number of nitrogens with two attached hydrogens (primary N) is 1. The van der Waals surface area contributed by atoms with Gasteiger partial charge in [-0.1, -0.05) is 30.3 Å². The van der Waals surface area contributed by atoms with Gasteiger partial charge in [0, 0.05) is 17.5 Å². The van der Waals surface area contributed by atoms with E-state index in [1.165, 1.54) is 4.52 Å². The molecular formula is C15H14F3N5. The summed E-state index contributed by atoms with van der Waals surface area (Å²) in [6.07, 6.45) is -5.50. The number of aryl methyl sites for hydroxylation is 2. The van der Waals surface area contributed by atoms with Gasteiger partial charge in [0.2, 0.25) is 5.95 Å². The highest BCUT2D eigenvalue weighted by Gasteiger charge is 2.27. The van der Waals surface area contributed by atoms with E-state index < -0.39 is 12.6 Å². The van der Waals surface area contributed by atoms with Crippen molar-refractivity contribution in [1.82, 2.24) is 19.6 Å². The summed E-state index contributed by atoms with van der Waals surface area (Å²) in [5.41, 5.74) is 8.53. The lowest BCUT2D eigenvalue weighted by Crippen LogP contribution is -2.09. The fourth-order valence-electron chi connectivity index (χ4n) is 2.35. The second-order valence-corrected chi connectivity index (χ2v) is 5.19. The van der Waals surface area contributed by atoms with Crippen molar-refractivity contribution >= 4 is 11.6 Å². The maximum absolute atomic E-state index is 12.3. The topological polar surface area (TPSA) is 69.1 Å². The van der Waals surface area contributed by atoms with E-state index in [2.05, 4.69) is 15.1 Å². The van der Waals surface area contributed by atoms with Crippen molar-refractivity contribution in [3.05, 3.63) is 41.7 Å². The Balaban J connectivity index is 2.05. The van der Waals surface area contributed by atoms with Crippen molar-refractivity contribution in [3.63, 3.8) is 0 Å². The van der Waals surface area contributed by atoms with Gasteiger partial charge >= 0.3 is 6.18 Å². The molecule has 0 bridgehead atoms. The molecule has 0 saturated carbocycles. The number of hydrogen-bond acceptors (Lipinski definition) is 4. The Morgan fingerprint density at radius 2 is 1.83 bits per heavy atom. The molecule has 2 aromatic heterocycles. The number of benzene rings is 1. The van der Waals surface area contributed by atoms with Crippen LogP contribution in [0.25, 0.3) is 16.9 Å². The molecule has 0 amide bonds. The van der Waals surface area contributed by atoms with Crippen LogP contribution in [0.5, 0.6) is 0 Å². The molecule has 0 unspecified atom stereocenters. The van der Waals surface area contributed by atoms with Crippen molar-refractivity contribution in [2.45, 2.75) is 25.9 Å². The molecule has 2 N–H and O–H groups in total. The van der Waals surface area contributed by atoms with Gasteiger partial charge in [0.15, 0.2) is 11.5 Å². The van der Waals surface area contributed by atoms with Crippen molar-refractivity contribution in [2.24, 2.45) is 0 Å². The third-order valence-corrected chi connectivity index (χ3v) is 3.46. The van der Waals surface area contributed by atoms with E-state index in [4.69, 9.17) is 5.73 Å². The summed E-state index contributed by atoms with van der Waals surface area (Å²) >= 11 is 0. The van der Waals surface area contributed by atoms with Gasteiger partial charge in [-0.3, -0.25) is 0 Å². The van der Waals surface area contributed by atoms with Crippen LogP contribution in [-0.4, -0.2) is 25.8 Å². The van der Waals surface area contributed by atoms with Gasteiger partial charge in [-0.2, -0.15) is 17.7 Å². The van der Waals surface area contributed by atoms with Gasteiger partial charge < -0.3 is 5.73 Å². The number of nitrogen functional groups attached to an aromatic ring is 1. The molecule has 0 aliphatic rings. The molecule has 0 atom stereocenters. The molecule has 0 fully saturated rings. The van der Waals surface area contributed by atoms with Crippen LogP contribution in [0.1, 0.15) is 17.8 Å². The summed E-state index contributed by atoms with van der Waals surface area (Å²) in [6, 6.07) is 9.39. The van der Waals surface area contributed by atoms with E-state index in [0.717, 1.165) is 11.1 Å². The summed E-state index contributed by atoms with van der Waals surface area (Å²) in [4.78, 5) is 8.50. The Labute approximate surface area is 130 Å². The highest BCUT2D eigenvalue weighted by molar-refractivity contribution is 5.70. The van der Waals surface area contributed by atoms with Crippen LogP contribution < -0.4 is 5.73 Å². The van der Waals surface area contributed by atoms with E-state index in [-0.39, 0.29) is 18.2 Å². The molecule has 120 valence electrons. The van der Waals surface area contributed by atoms with Crippen LogP contribution in [0.15, 0.2) is 30.3 Å². The number of fused-ring (bicyclic) bond motifs is 1. The maximum atomic E-state index is 12.3. The molecule has 1 aromatic carbocycles. The third-order valence-electron chi connectivity index (χ3n) is 3.46. The lowest BCUT2D eigenvalue weighted by molar-refractivity contribution is -0.134. The van der Waals surface area contributed by atoms with Gasteiger partial charge in [-0.15, -0.1) is 5.10 Å². The molecule has 0 radical (unpaired) electrons. The number of hydrogen-bond donors (Lipinski definition) is 1.